The number of nitrogens with one attached hydrogen (secondary N) is 1. The summed E-state index contributed by atoms with van der Waals surface area (Å²) in [5.74, 6) is 2.20. The van der Waals surface area contributed by atoms with Crippen molar-refractivity contribution in [2.75, 3.05) is 20.0 Å². The van der Waals surface area contributed by atoms with Crippen LogP contribution >= 0.6 is 0 Å². The molecular formula is C15H15N3O2. The first-order valence-electron chi connectivity index (χ1n) is 6.18. The van der Waals surface area contributed by atoms with E-state index in [-0.39, 0.29) is 0 Å². The molecule has 1 aromatic heterocycles. The molecule has 1 heterocycles. The van der Waals surface area contributed by atoms with Crippen molar-refractivity contribution in [3.8, 4) is 22.9 Å². The molecule has 3 aromatic rings. The van der Waals surface area contributed by atoms with Crippen molar-refractivity contribution in [1.29, 1.82) is 0 Å². The first kappa shape index (κ1) is 12.3. The fraction of sp³-hybridized carbons (Fsp3) is 0.133. The zero-order valence-electron chi connectivity index (χ0n) is 11.3. The summed E-state index contributed by atoms with van der Waals surface area (Å²) in [7, 11) is 3.25. The van der Waals surface area contributed by atoms with E-state index < -0.39 is 0 Å². The van der Waals surface area contributed by atoms with E-state index in [2.05, 4.69) is 9.97 Å². The average molecular weight is 269 g/mol. The van der Waals surface area contributed by atoms with E-state index in [0.29, 0.717) is 5.69 Å². The molecule has 0 radical (unpaired) electrons. The number of aromatic amines is 1. The maximum atomic E-state index is 5.77. The Morgan fingerprint density at radius 2 is 1.70 bits per heavy atom. The van der Waals surface area contributed by atoms with Crippen LogP contribution in [0.1, 0.15) is 0 Å². The standard InChI is InChI=1S/C15H15N3O2/c1-19-11-5-9(6-12(8-11)20-2)15-17-13-4-3-10(16)7-14(13)18-15/h3-8H,16H2,1-2H3,(H,17,18). The molecule has 20 heavy (non-hydrogen) atoms. The molecule has 0 spiro atoms. The van der Waals surface area contributed by atoms with Crippen LogP contribution in [0.5, 0.6) is 11.5 Å². The van der Waals surface area contributed by atoms with Crippen molar-refractivity contribution in [1.82, 2.24) is 9.97 Å². The molecule has 3 rings (SSSR count). The normalized spacial score (nSPS) is 10.7. The number of fused-ring (bicyclic) bond motifs is 1. The summed E-state index contributed by atoms with van der Waals surface area (Å²) in [4.78, 5) is 7.81. The van der Waals surface area contributed by atoms with Gasteiger partial charge in [-0.1, -0.05) is 0 Å². The SMILES string of the molecule is COc1cc(OC)cc(-c2nc3cc(N)ccc3[nH]2)c1. The van der Waals surface area contributed by atoms with Crippen LogP contribution in [-0.4, -0.2) is 24.2 Å². The number of hydrogen-bond acceptors (Lipinski definition) is 4. The largest absolute Gasteiger partial charge is 0.497 e. The first-order chi connectivity index (χ1) is 9.69. The zero-order chi connectivity index (χ0) is 14.1. The van der Waals surface area contributed by atoms with Crippen molar-refractivity contribution >= 4 is 16.7 Å². The number of anilines is 1. The first-order valence-corrected chi connectivity index (χ1v) is 6.18. The van der Waals surface area contributed by atoms with E-state index in [1.165, 1.54) is 0 Å². The molecule has 0 fully saturated rings. The molecule has 0 saturated carbocycles. The number of methoxy groups -OCH3 is 2. The number of nitrogens with two attached hydrogens (primary N) is 1. The van der Waals surface area contributed by atoms with E-state index in [0.717, 1.165) is 33.9 Å². The molecule has 5 heteroatoms. The maximum absolute atomic E-state index is 5.77. The van der Waals surface area contributed by atoms with Gasteiger partial charge in [0.2, 0.25) is 0 Å². The average Bonchev–Trinajstić information content (AvgIpc) is 2.89. The van der Waals surface area contributed by atoms with Crippen molar-refractivity contribution < 1.29 is 9.47 Å². The molecule has 0 bridgehead atoms. The number of benzene rings is 2. The van der Waals surface area contributed by atoms with E-state index in [1.54, 1.807) is 14.2 Å². The van der Waals surface area contributed by atoms with Crippen LogP contribution in [0.4, 0.5) is 5.69 Å². The van der Waals surface area contributed by atoms with Gasteiger partial charge in [0.05, 0.1) is 25.3 Å². The quantitative estimate of drug-likeness (QED) is 0.717. The van der Waals surface area contributed by atoms with Crippen molar-refractivity contribution in [3.05, 3.63) is 36.4 Å². The van der Waals surface area contributed by atoms with Crippen molar-refractivity contribution in [2.24, 2.45) is 0 Å². The molecule has 102 valence electrons. The number of aromatic nitrogens is 2. The molecule has 0 saturated heterocycles. The van der Waals surface area contributed by atoms with Crippen LogP contribution < -0.4 is 15.2 Å². The Labute approximate surface area is 116 Å². The van der Waals surface area contributed by atoms with Crippen LogP contribution in [0.15, 0.2) is 36.4 Å². The smallest absolute Gasteiger partial charge is 0.138 e. The number of ether oxygens (including phenoxy) is 2. The molecule has 5 nitrogen and oxygen atoms in total. The molecule has 0 unspecified atom stereocenters. The van der Waals surface area contributed by atoms with Gasteiger partial charge in [-0.2, -0.15) is 0 Å². The third-order valence-corrected chi connectivity index (χ3v) is 3.13. The summed E-state index contributed by atoms with van der Waals surface area (Å²) in [6, 6.07) is 11.2. The maximum Gasteiger partial charge on any atom is 0.138 e. The Hall–Kier alpha value is -2.69. The number of imidazole rings is 1. The highest BCUT2D eigenvalue weighted by molar-refractivity contribution is 5.82. The minimum atomic E-state index is 0.693. The lowest BCUT2D eigenvalue weighted by atomic mass is 10.2. The number of hydrogen-bond donors (Lipinski definition) is 2. The van der Waals surface area contributed by atoms with E-state index in [1.807, 2.05) is 36.4 Å². The van der Waals surface area contributed by atoms with Gasteiger partial charge in [-0.15, -0.1) is 0 Å². The Balaban J connectivity index is 2.14. The van der Waals surface area contributed by atoms with Crippen molar-refractivity contribution in [3.63, 3.8) is 0 Å². The summed E-state index contributed by atoms with van der Waals surface area (Å²) in [5.41, 5.74) is 9.14. The summed E-state index contributed by atoms with van der Waals surface area (Å²) >= 11 is 0. The van der Waals surface area contributed by atoms with Crippen molar-refractivity contribution in [2.45, 2.75) is 0 Å². The number of nitrogen functional groups attached to an aromatic ring is 1. The van der Waals surface area contributed by atoms with Crippen LogP contribution in [0, 0.1) is 0 Å². The molecule has 0 aliphatic carbocycles. The number of rotatable bonds is 3. The second-order valence-electron chi connectivity index (χ2n) is 4.46. The Morgan fingerprint density at radius 3 is 2.35 bits per heavy atom. The lowest BCUT2D eigenvalue weighted by Crippen LogP contribution is -1.89. The highest BCUT2D eigenvalue weighted by Gasteiger charge is 2.09. The predicted molar refractivity (Wildman–Crippen MR) is 79.0 cm³/mol. The fourth-order valence-electron chi connectivity index (χ4n) is 2.10. The van der Waals surface area contributed by atoms with Gasteiger partial charge in [-0.25, -0.2) is 4.98 Å². The summed E-state index contributed by atoms with van der Waals surface area (Å²) in [5, 5.41) is 0. The van der Waals surface area contributed by atoms with Crippen LogP contribution in [0.25, 0.3) is 22.4 Å². The minimum absolute atomic E-state index is 0.693. The summed E-state index contributed by atoms with van der Waals surface area (Å²) in [6.45, 7) is 0. The summed E-state index contributed by atoms with van der Waals surface area (Å²) in [6.07, 6.45) is 0. The number of nitrogens with zero attached hydrogens (tertiary/aromatic N) is 1. The van der Waals surface area contributed by atoms with E-state index in [9.17, 15) is 0 Å². The second kappa shape index (κ2) is 4.77. The van der Waals surface area contributed by atoms with Gasteiger partial charge in [0.1, 0.15) is 17.3 Å². The van der Waals surface area contributed by atoms with Gasteiger partial charge < -0.3 is 20.2 Å². The molecule has 0 aliphatic rings. The molecule has 3 N–H and O–H groups in total. The van der Waals surface area contributed by atoms with Gasteiger partial charge in [-0.3, -0.25) is 0 Å². The minimum Gasteiger partial charge on any atom is -0.497 e. The Bertz CT molecular complexity index is 743. The summed E-state index contributed by atoms with van der Waals surface area (Å²) < 4.78 is 10.5. The van der Waals surface area contributed by atoms with Gasteiger partial charge in [0, 0.05) is 17.3 Å². The molecule has 0 aliphatic heterocycles. The monoisotopic (exact) mass is 269 g/mol. The highest BCUT2D eigenvalue weighted by Crippen LogP contribution is 2.29. The molecule has 0 atom stereocenters. The second-order valence-corrected chi connectivity index (χ2v) is 4.46. The topological polar surface area (TPSA) is 73.2 Å². The van der Waals surface area contributed by atoms with Gasteiger partial charge in [-0.05, 0) is 30.3 Å². The lowest BCUT2D eigenvalue weighted by Gasteiger charge is -2.06. The third-order valence-electron chi connectivity index (χ3n) is 3.13. The van der Waals surface area contributed by atoms with Gasteiger partial charge in [0.25, 0.3) is 0 Å². The van der Waals surface area contributed by atoms with Gasteiger partial charge >= 0.3 is 0 Å². The molecular weight excluding hydrogens is 254 g/mol. The highest BCUT2D eigenvalue weighted by atomic mass is 16.5. The van der Waals surface area contributed by atoms with Crippen LogP contribution in [0.2, 0.25) is 0 Å². The van der Waals surface area contributed by atoms with Crippen LogP contribution in [0.3, 0.4) is 0 Å². The third kappa shape index (κ3) is 2.14. The number of H-pyrrole nitrogens is 1. The zero-order valence-corrected chi connectivity index (χ0v) is 11.3. The van der Waals surface area contributed by atoms with Gasteiger partial charge in [0.15, 0.2) is 0 Å². The van der Waals surface area contributed by atoms with E-state index >= 15 is 0 Å². The fourth-order valence-corrected chi connectivity index (χ4v) is 2.10. The Morgan fingerprint density at radius 1 is 1.00 bits per heavy atom. The Kier molecular flexibility index (Phi) is 2.95. The molecule has 0 amide bonds. The lowest BCUT2D eigenvalue weighted by molar-refractivity contribution is 0.394. The van der Waals surface area contributed by atoms with E-state index in [4.69, 9.17) is 15.2 Å². The van der Waals surface area contributed by atoms with Crippen LogP contribution in [-0.2, 0) is 0 Å². The predicted octanol–water partition coefficient (Wildman–Crippen LogP) is 2.83. The molecule has 2 aromatic carbocycles.